The van der Waals surface area contributed by atoms with Gasteiger partial charge in [0.15, 0.2) is 0 Å². The molecule has 0 aliphatic carbocycles. The maximum Gasteiger partial charge on any atom is 0.318 e. The van der Waals surface area contributed by atoms with Gasteiger partial charge >= 0.3 is 12.1 Å². The van der Waals surface area contributed by atoms with E-state index in [-0.39, 0.29) is 36.2 Å². The van der Waals surface area contributed by atoms with Crippen molar-refractivity contribution < 1.29 is 19.4 Å². The van der Waals surface area contributed by atoms with E-state index in [9.17, 15) is 14.7 Å². The fourth-order valence-electron chi connectivity index (χ4n) is 5.79. The van der Waals surface area contributed by atoms with Gasteiger partial charge < -0.3 is 34.8 Å². The van der Waals surface area contributed by atoms with Gasteiger partial charge in [0.2, 0.25) is 0 Å². The van der Waals surface area contributed by atoms with E-state index in [4.69, 9.17) is 4.74 Å². The van der Waals surface area contributed by atoms with Gasteiger partial charge in [-0.25, -0.2) is 9.59 Å². The summed E-state index contributed by atoms with van der Waals surface area (Å²) >= 11 is 0. The Morgan fingerprint density at radius 2 is 1.74 bits per heavy atom. The van der Waals surface area contributed by atoms with Crippen LogP contribution in [0.1, 0.15) is 57.8 Å². The van der Waals surface area contributed by atoms with E-state index in [1.807, 2.05) is 51.8 Å². The minimum Gasteiger partial charge on any atom is -0.497 e. The molecule has 35 heavy (non-hydrogen) atoms. The van der Waals surface area contributed by atoms with Crippen LogP contribution in [0.2, 0.25) is 0 Å². The molecule has 4 rings (SSSR count). The van der Waals surface area contributed by atoms with Crippen molar-refractivity contribution in [2.24, 2.45) is 7.05 Å². The minimum atomic E-state index is -0.458. The molecule has 2 aromatic rings. The second-order valence-corrected chi connectivity index (χ2v) is 10.5. The first kappa shape index (κ1) is 25.2. The highest BCUT2D eigenvalue weighted by Gasteiger charge is 2.49. The normalized spacial score (nSPS) is 19.4. The van der Waals surface area contributed by atoms with Crippen molar-refractivity contribution in [3.63, 3.8) is 0 Å². The lowest BCUT2D eigenvalue weighted by Gasteiger charge is -2.50. The third-order valence-electron chi connectivity index (χ3n) is 7.41. The molecular formula is C26H39N5O4. The van der Waals surface area contributed by atoms with Gasteiger partial charge in [0.05, 0.1) is 25.3 Å². The molecule has 192 valence electrons. The molecule has 1 aromatic heterocycles. The second-order valence-electron chi connectivity index (χ2n) is 10.5. The summed E-state index contributed by atoms with van der Waals surface area (Å²) in [5, 5.41) is 17.6. The van der Waals surface area contributed by atoms with Gasteiger partial charge in [-0.15, -0.1) is 0 Å². The molecule has 1 aromatic carbocycles. The zero-order valence-corrected chi connectivity index (χ0v) is 21.7. The van der Waals surface area contributed by atoms with Crippen LogP contribution in [0.3, 0.4) is 0 Å². The number of methoxy groups -OCH3 is 1. The number of benzene rings is 1. The molecule has 0 bridgehead atoms. The number of aliphatic hydroxyl groups is 1. The van der Waals surface area contributed by atoms with E-state index < -0.39 is 6.04 Å². The number of rotatable bonds is 4. The molecule has 1 atom stereocenters. The Hall–Kier alpha value is -2.94. The van der Waals surface area contributed by atoms with Crippen molar-refractivity contribution in [1.29, 1.82) is 0 Å². The number of aliphatic hydroxyl groups excluding tert-OH is 1. The van der Waals surface area contributed by atoms with Crippen LogP contribution in [0, 0.1) is 0 Å². The molecule has 0 unspecified atom stereocenters. The number of hydrogen-bond acceptors (Lipinski definition) is 4. The molecule has 0 radical (unpaired) electrons. The lowest BCUT2D eigenvalue weighted by Crippen LogP contribution is -2.59. The van der Waals surface area contributed by atoms with E-state index in [0.29, 0.717) is 19.6 Å². The second kappa shape index (κ2) is 9.60. The Morgan fingerprint density at radius 3 is 2.31 bits per heavy atom. The van der Waals surface area contributed by atoms with Crippen LogP contribution in [-0.4, -0.2) is 77.0 Å². The molecule has 3 N–H and O–H groups in total. The van der Waals surface area contributed by atoms with Gasteiger partial charge in [-0.1, -0.05) is 0 Å². The van der Waals surface area contributed by atoms with Crippen LogP contribution in [0.25, 0.3) is 10.9 Å². The molecule has 9 heteroatoms. The lowest BCUT2D eigenvalue weighted by atomic mass is 9.68. The SMILES string of the molecule is COc1ccc2c3c(n(C)c2c1)[C@H](CO)N(C(=O)NC(C)C)CC31CCN(C(=O)NC(C)C)CC1. The Labute approximate surface area is 207 Å². The van der Waals surface area contributed by atoms with Crippen molar-refractivity contribution in [2.45, 2.75) is 64.1 Å². The molecule has 9 nitrogen and oxygen atoms in total. The van der Waals surface area contributed by atoms with Gasteiger partial charge in [-0.3, -0.25) is 0 Å². The van der Waals surface area contributed by atoms with Crippen LogP contribution < -0.4 is 15.4 Å². The first-order valence-corrected chi connectivity index (χ1v) is 12.5. The zero-order chi connectivity index (χ0) is 25.5. The minimum absolute atomic E-state index is 0.0162. The van der Waals surface area contributed by atoms with Gasteiger partial charge in [0.1, 0.15) is 5.75 Å². The molecular weight excluding hydrogens is 446 g/mol. The highest BCUT2D eigenvalue weighted by Crippen LogP contribution is 2.50. The number of amides is 4. The lowest BCUT2D eigenvalue weighted by molar-refractivity contribution is 0.0710. The Balaban J connectivity index is 1.82. The summed E-state index contributed by atoms with van der Waals surface area (Å²) in [6, 6.07) is 5.45. The number of piperidine rings is 1. The predicted octanol–water partition coefficient (Wildman–Crippen LogP) is 3.11. The fourth-order valence-corrected chi connectivity index (χ4v) is 5.79. The largest absolute Gasteiger partial charge is 0.497 e. The Kier molecular flexibility index (Phi) is 6.90. The summed E-state index contributed by atoms with van der Waals surface area (Å²) in [6.07, 6.45) is 1.47. The number of aromatic nitrogens is 1. The molecule has 2 aliphatic heterocycles. The van der Waals surface area contributed by atoms with Crippen LogP contribution in [0.5, 0.6) is 5.75 Å². The van der Waals surface area contributed by atoms with Crippen LogP contribution in [0.15, 0.2) is 18.2 Å². The number of ether oxygens (including phenoxy) is 1. The highest BCUT2D eigenvalue weighted by molar-refractivity contribution is 5.89. The van der Waals surface area contributed by atoms with E-state index in [1.165, 1.54) is 5.56 Å². The van der Waals surface area contributed by atoms with Gasteiger partial charge in [-0.05, 0) is 58.2 Å². The van der Waals surface area contributed by atoms with Gasteiger partial charge in [0, 0.05) is 61.3 Å². The summed E-state index contributed by atoms with van der Waals surface area (Å²) < 4.78 is 7.59. The maximum atomic E-state index is 13.3. The fraction of sp³-hybridized carbons (Fsp3) is 0.615. The van der Waals surface area contributed by atoms with Crippen molar-refractivity contribution in [3.05, 3.63) is 29.5 Å². The topological polar surface area (TPSA) is 99.1 Å². The summed E-state index contributed by atoms with van der Waals surface area (Å²) in [6.45, 7) is 9.33. The van der Waals surface area contributed by atoms with E-state index in [0.717, 1.165) is 35.2 Å². The van der Waals surface area contributed by atoms with Gasteiger partial charge in [-0.2, -0.15) is 0 Å². The number of nitrogens with one attached hydrogen (secondary N) is 2. The predicted molar refractivity (Wildman–Crippen MR) is 136 cm³/mol. The molecule has 1 spiro atoms. The highest BCUT2D eigenvalue weighted by atomic mass is 16.5. The van der Waals surface area contributed by atoms with Crippen molar-refractivity contribution in [1.82, 2.24) is 25.0 Å². The van der Waals surface area contributed by atoms with Crippen LogP contribution in [0.4, 0.5) is 9.59 Å². The summed E-state index contributed by atoms with van der Waals surface area (Å²) in [5.41, 5.74) is 2.84. The zero-order valence-electron chi connectivity index (χ0n) is 21.7. The number of likely N-dealkylation sites (tertiary alicyclic amines) is 1. The average Bonchev–Trinajstić information content (AvgIpc) is 3.11. The van der Waals surface area contributed by atoms with E-state index in [1.54, 1.807) is 12.0 Å². The number of carbonyl (C=O) groups is 2. The number of aryl methyl sites for hydroxylation is 1. The molecule has 4 amide bonds. The van der Waals surface area contributed by atoms with Crippen molar-refractivity contribution >= 4 is 23.0 Å². The maximum absolute atomic E-state index is 13.3. The summed E-state index contributed by atoms with van der Waals surface area (Å²) in [4.78, 5) is 29.7. The molecule has 1 fully saturated rings. The number of nitrogens with zero attached hydrogens (tertiary/aromatic N) is 3. The Morgan fingerprint density at radius 1 is 1.11 bits per heavy atom. The average molecular weight is 486 g/mol. The van der Waals surface area contributed by atoms with Crippen molar-refractivity contribution in [2.75, 3.05) is 33.4 Å². The number of hydrogen-bond donors (Lipinski definition) is 3. The first-order valence-electron chi connectivity index (χ1n) is 12.5. The third-order valence-corrected chi connectivity index (χ3v) is 7.41. The third kappa shape index (κ3) is 4.42. The molecule has 2 aliphatic rings. The molecule has 1 saturated heterocycles. The quantitative estimate of drug-likeness (QED) is 0.620. The first-order chi connectivity index (χ1) is 16.6. The van der Waals surface area contributed by atoms with Crippen molar-refractivity contribution in [3.8, 4) is 5.75 Å². The molecule has 3 heterocycles. The van der Waals surface area contributed by atoms with E-state index in [2.05, 4.69) is 21.3 Å². The Bertz CT molecular complexity index is 1100. The molecule has 0 saturated carbocycles. The van der Waals surface area contributed by atoms with Gasteiger partial charge in [0.25, 0.3) is 0 Å². The summed E-state index contributed by atoms with van der Waals surface area (Å²) in [5.74, 6) is 0.764. The smallest absolute Gasteiger partial charge is 0.318 e. The van der Waals surface area contributed by atoms with Crippen LogP contribution >= 0.6 is 0 Å². The number of fused-ring (bicyclic) bond motifs is 4. The standard InChI is InChI=1S/C26H39N5O4/c1-16(2)27-24(33)30-11-9-26(10-12-30)15-31(25(34)28-17(3)4)21(14-32)23-22(26)19-8-7-18(35-6)13-20(19)29(23)5/h7-8,13,16-17,21,32H,9-12,14-15H2,1-6H3,(H,27,33)(H,28,34)/t21-/m0/s1. The number of carbonyl (C=O) groups excluding carboxylic acids is 2. The van der Waals surface area contributed by atoms with E-state index >= 15 is 0 Å². The number of urea groups is 2. The summed E-state index contributed by atoms with van der Waals surface area (Å²) in [7, 11) is 3.64. The monoisotopic (exact) mass is 485 g/mol. The van der Waals surface area contributed by atoms with Crippen LogP contribution in [-0.2, 0) is 12.5 Å².